The summed E-state index contributed by atoms with van der Waals surface area (Å²) in [6.45, 7) is 6.62. The number of thiazole rings is 1. The highest BCUT2D eigenvalue weighted by atomic mass is 32.1. The van der Waals surface area contributed by atoms with Crippen LogP contribution in [0, 0.1) is 0 Å². The molecule has 0 radical (unpaired) electrons. The number of carbonyl (C=O) groups excluding carboxylic acids is 2. The van der Waals surface area contributed by atoms with E-state index in [1.807, 2.05) is 18.2 Å². The highest BCUT2D eigenvalue weighted by Crippen LogP contribution is 2.31. The summed E-state index contributed by atoms with van der Waals surface area (Å²) in [6.07, 6.45) is 1.39. The van der Waals surface area contributed by atoms with Crippen molar-refractivity contribution in [2.24, 2.45) is 4.99 Å². The summed E-state index contributed by atoms with van der Waals surface area (Å²) < 4.78 is 17.9. The number of allylic oxidation sites excluding steroid dienone is 1. The number of aromatic nitrogens is 1. The first-order chi connectivity index (χ1) is 17.2. The maximum atomic E-state index is 13.7. The Balaban J connectivity index is 1.89. The van der Waals surface area contributed by atoms with Crippen molar-refractivity contribution < 1.29 is 23.8 Å². The number of esters is 2. The zero-order valence-corrected chi connectivity index (χ0v) is 21.4. The predicted octanol–water partition coefficient (Wildman–Crippen LogP) is 3.12. The van der Waals surface area contributed by atoms with Gasteiger partial charge in [-0.3, -0.25) is 14.2 Å². The lowest BCUT2D eigenvalue weighted by Crippen LogP contribution is -2.40. The van der Waals surface area contributed by atoms with Gasteiger partial charge in [-0.25, -0.2) is 9.79 Å². The number of nitrogens with zero attached hydrogens (tertiary/aromatic N) is 2. The summed E-state index contributed by atoms with van der Waals surface area (Å²) in [7, 11) is 1.57. The Morgan fingerprint density at radius 3 is 2.47 bits per heavy atom. The second-order valence-corrected chi connectivity index (χ2v) is 9.48. The fourth-order valence-electron chi connectivity index (χ4n) is 3.95. The lowest BCUT2D eigenvalue weighted by molar-refractivity contribution is -0.143. The average Bonchev–Trinajstić information content (AvgIpc) is 3.12. The van der Waals surface area contributed by atoms with Crippen molar-refractivity contribution in [2.75, 3.05) is 7.11 Å². The molecule has 0 bridgehead atoms. The molecule has 0 N–H and O–H groups in total. The molecule has 3 aromatic rings. The Hall–Kier alpha value is -3.98. The molecule has 186 valence electrons. The van der Waals surface area contributed by atoms with E-state index in [4.69, 9.17) is 14.2 Å². The minimum absolute atomic E-state index is 0.292. The van der Waals surface area contributed by atoms with Crippen molar-refractivity contribution in [3.8, 4) is 11.5 Å². The molecule has 1 aliphatic heterocycles. The molecule has 0 fully saturated rings. The summed E-state index contributed by atoms with van der Waals surface area (Å²) in [5, 5.41) is 0. The molecule has 2 aromatic carbocycles. The molecular weight excluding hydrogens is 480 g/mol. The zero-order chi connectivity index (χ0) is 26.0. The van der Waals surface area contributed by atoms with E-state index in [0.29, 0.717) is 37.7 Å². The Morgan fingerprint density at radius 2 is 1.83 bits per heavy atom. The Morgan fingerprint density at radius 1 is 1.11 bits per heavy atom. The van der Waals surface area contributed by atoms with Crippen molar-refractivity contribution in [3.63, 3.8) is 0 Å². The molecule has 1 aromatic heterocycles. The summed E-state index contributed by atoms with van der Waals surface area (Å²) in [6, 6.07) is 13.4. The first-order valence-corrected chi connectivity index (χ1v) is 12.2. The normalized spacial score (nSPS) is 15.4. The van der Waals surface area contributed by atoms with Crippen LogP contribution in [0.2, 0.25) is 0 Å². The van der Waals surface area contributed by atoms with Gasteiger partial charge >= 0.3 is 11.9 Å². The molecule has 1 unspecified atom stereocenters. The highest BCUT2D eigenvalue weighted by Gasteiger charge is 2.33. The lowest BCUT2D eigenvalue weighted by Gasteiger charge is -2.25. The van der Waals surface area contributed by atoms with Gasteiger partial charge in [-0.1, -0.05) is 35.6 Å². The van der Waals surface area contributed by atoms with E-state index in [1.165, 1.54) is 22.8 Å². The molecule has 1 aliphatic rings. The molecule has 36 heavy (non-hydrogen) atoms. The molecule has 9 heteroatoms. The Labute approximate surface area is 211 Å². The third kappa shape index (κ3) is 5.16. The van der Waals surface area contributed by atoms with E-state index >= 15 is 0 Å². The summed E-state index contributed by atoms with van der Waals surface area (Å²) >= 11 is 1.22. The number of methoxy groups -OCH3 is 1. The van der Waals surface area contributed by atoms with Gasteiger partial charge in [0.1, 0.15) is 11.5 Å². The number of rotatable bonds is 6. The third-order valence-corrected chi connectivity index (χ3v) is 6.42. The van der Waals surface area contributed by atoms with Crippen molar-refractivity contribution >= 4 is 29.4 Å². The summed E-state index contributed by atoms with van der Waals surface area (Å²) in [5.74, 6) is 0.0956. The smallest absolute Gasteiger partial charge is 0.338 e. The van der Waals surface area contributed by atoms with Crippen molar-refractivity contribution in [1.82, 2.24) is 4.57 Å². The van der Waals surface area contributed by atoms with Crippen LogP contribution in [0.5, 0.6) is 11.5 Å². The maximum Gasteiger partial charge on any atom is 0.338 e. The van der Waals surface area contributed by atoms with Crippen LogP contribution < -0.4 is 24.4 Å². The second-order valence-electron chi connectivity index (χ2n) is 8.48. The largest absolute Gasteiger partial charge is 0.497 e. The molecule has 0 saturated carbocycles. The van der Waals surface area contributed by atoms with Crippen LogP contribution in [-0.2, 0) is 14.3 Å². The number of ether oxygens (including phenoxy) is 3. The van der Waals surface area contributed by atoms with Crippen molar-refractivity contribution in [1.29, 1.82) is 0 Å². The molecule has 0 aliphatic carbocycles. The zero-order valence-electron chi connectivity index (χ0n) is 20.6. The van der Waals surface area contributed by atoms with Crippen LogP contribution in [0.1, 0.15) is 44.9 Å². The number of benzene rings is 2. The Bertz CT molecular complexity index is 1530. The quantitative estimate of drug-likeness (QED) is 0.377. The van der Waals surface area contributed by atoms with Gasteiger partial charge in [0.05, 0.1) is 35.1 Å². The van der Waals surface area contributed by atoms with Gasteiger partial charge < -0.3 is 14.2 Å². The fraction of sp³-hybridized carbons (Fsp3) is 0.259. The van der Waals surface area contributed by atoms with Crippen LogP contribution >= 0.6 is 11.3 Å². The average molecular weight is 507 g/mol. The first-order valence-electron chi connectivity index (χ1n) is 11.3. The Kier molecular flexibility index (Phi) is 7.21. The number of carbonyl (C=O) groups is 2. The minimum Gasteiger partial charge on any atom is -0.497 e. The van der Waals surface area contributed by atoms with Crippen molar-refractivity contribution in [3.05, 3.63) is 90.6 Å². The van der Waals surface area contributed by atoms with Crippen LogP contribution in [0.3, 0.4) is 0 Å². The predicted molar refractivity (Wildman–Crippen MR) is 136 cm³/mol. The van der Waals surface area contributed by atoms with E-state index in [-0.39, 0.29) is 11.7 Å². The van der Waals surface area contributed by atoms with E-state index < -0.39 is 18.0 Å². The maximum absolute atomic E-state index is 13.7. The molecule has 8 nitrogen and oxygen atoms in total. The summed E-state index contributed by atoms with van der Waals surface area (Å²) in [5.41, 5.74) is 1.93. The minimum atomic E-state index is -0.715. The summed E-state index contributed by atoms with van der Waals surface area (Å²) in [4.78, 5) is 43.2. The fourth-order valence-corrected chi connectivity index (χ4v) is 4.99. The van der Waals surface area contributed by atoms with Crippen LogP contribution in [0.25, 0.3) is 6.08 Å². The van der Waals surface area contributed by atoms with Gasteiger partial charge in [0.2, 0.25) is 0 Å². The van der Waals surface area contributed by atoms with Gasteiger partial charge in [-0.05, 0) is 62.2 Å². The molecule has 1 atom stereocenters. The molecule has 0 amide bonds. The van der Waals surface area contributed by atoms with Crippen LogP contribution in [0.4, 0.5) is 0 Å². The van der Waals surface area contributed by atoms with Gasteiger partial charge in [-0.15, -0.1) is 0 Å². The van der Waals surface area contributed by atoms with Gasteiger partial charge in [0, 0.05) is 6.92 Å². The highest BCUT2D eigenvalue weighted by molar-refractivity contribution is 7.07. The first kappa shape index (κ1) is 25.1. The van der Waals surface area contributed by atoms with Crippen LogP contribution in [-0.4, -0.2) is 29.7 Å². The second kappa shape index (κ2) is 10.3. The third-order valence-electron chi connectivity index (χ3n) is 5.43. The molecular formula is C27H26N2O6S. The monoisotopic (exact) mass is 506 g/mol. The van der Waals surface area contributed by atoms with E-state index in [9.17, 15) is 14.4 Å². The van der Waals surface area contributed by atoms with E-state index in [0.717, 1.165) is 5.56 Å². The number of hydrogen-bond donors (Lipinski definition) is 0. The SMILES string of the molecule is COc1ccc(C2C(C(=O)OC(C)C)=C(C)N=c3sc(=Cc4cccc(OC(C)=O)c4)c(=O)n32)cc1. The van der Waals surface area contributed by atoms with E-state index in [1.54, 1.807) is 64.3 Å². The van der Waals surface area contributed by atoms with Gasteiger partial charge in [-0.2, -0.15) is 0 Å². The number of fused-ring (bicyclic) bond motifs is 1. The van der Waals surface area contributed by atoms with Crippen molar-refractivity contribution in [2.45, 2.75) is 39.8 Å². The molecule has 0 spiro atoms. The standard InChI is InChI=1S/C27H26N2O6S/c1-15(2)34-26(32)23-16(3)28-27-29(24(23)19-9-11-20(33-5)12-10-19)25(31)22(36-27)14-18-7-6-8-21(13-18)35-17(4)30/h6-15,24H,1-5H3. The molecule has 4 rings (SSSR count). The van der Waals surface area contributed by atoms with Crippen LogP contribution in [0.15, 0.2) is 69.6 Å². The molecule has 2 heterocycles. The topological polar surface area (TPSA) is 96.2 Å². The van der Waals surface area contributed by atoms with E-state index in [2.05, 4.69) is 4.99 Å². The lowest BCUT2D eigenvalue weighted by atomic mass is 9.96. The van der Waals surface area contributed by atoms with Gasteiger partial charge in [0.15, 0.2) is 4.80 Å². The van der Waals surface area contributed by atoms with Gasteiger partial charge in [0.25, 0.3) is 5.56 Å². The molecule has 0 saturated heterocycles. The number of hydrogen-bond acceptors (Lipinski definition) is 8.